The molecule has 0 unspecified atom stereocenters. The minimum Gasteiger partial charge on any atom is -0.465 e. The van der Waals surface area contributed by atoms with E-state index < -0.39 is 5.97 Å². The van der Waals surface area contributed by atoms with Crippen LogP contribution in [-0.4, -0.2) is 34.7 Å². The number of carbonyl (C=O) groups is 3. The van der Waals surface area contributed by atoms with Crippen LogP contribution in [-0.2, 0) is 22.6 Å². The van der Waals surface area contributed by atoms with E-state index in [1.54, 1.807) is 47.5 Å². The Morgan fingerprint density at radius 2 is 1.87 bits per heavy atom. The second kappa shape index (κ2) is 8.20. The first-order chi connectivity index (χ1) is 14.6. The van der Waals surface area contributed by atoms with Crippen LogP contribution in [0.4, 0.5) is 11.5 Å². The fourth-order valence-electron chi connectivity index (χ4n) is 3.38. The van der Waals surface area contributed by atoms with Crippen molar-refractivity contribution in [3.63, 3.8) is 0 Å². The number of benzene rings is 2. The predicted octanol–water partition coefficient (Wildman–Crippen LogP) is 2.86. The summed E-state index contributed by atoms with van der Waals surface area (Å²) in [4.78, 5) is 38.5. The summed E-state index contributed by atoms with van der Waals surface area (Å²) < 4.78 is 6.56. The van der Waals surface area contributed by atoms with Crippen LogP contribution in [0.2, 0.25) is 0 Å². The van der Waals surface area contributed by atoms with E-state index >= 15 is 0 Å². The first kappa shape index (κ1) is 19.4. The van der Waals surface area contributed by atoms with E-state index in [1.165, 1.54) is 7.11 Å². The van der Waals surface area contributed by atoms with Crippen LogP contribution in [0, 0.1) is 0 Å². The Kier molecular flexibility index (Phi) is 5.30. The fourth-order valence-corrected chi connectivity index (χ4v) is 3.38. The molecule has 8 heteroatoms. The Labute approximate surface area is 173 Å². The van der Waals surface area contributed by atoms with Crippen LogP contribution in [0.3, 0.4) is 0 Å². The third-order valence-electron chi connectivity index (χ3n) is 4.95. The van der Waals surface area contributed by atoms with Crippen molar-refractivity contribution in [3.05, 3.63) is 77.5 Å². The molecule has 2 aromatic carbocycles. The minimum absolute atomic E-state index is 0.0456. The minimum atomic E-state index is -0.522. The summed E-state index contributed by atoms with van der Waals surface area (Å²) in [5.74, 6) is -0.0477. The molecule has 0 fully saturated rings. The quantitative estimate of drug-likeness (QED) is 0.660. The molecule has 1 aromatic heterocycles. The predicted molar refractivity (Wildman–Crippen MR) is 110 cm³/mol. The van der Waals surface area contributed by atoms with Gasteiger partial charge < -0.3 is 10.1 Å². The summed E-state index contributed by atoms with van der Waals surface area (Å²) in [5.41, 5.74) is 1.99. The molecule has 4 rings (SSSR count). The number of anilines is 2. The molecule has 0 bridgehead atoms. The van der Waals surface area contributed by atoms with Crippen LogP contribution in [0.5, 0.6) is 0 Å². The topological polar surface area (TPSA) is 93.5 Å². The van der Waals surface area contributed by atoms with Crippen molar-refractivity contribution in [1.82, 2.24) is 9.78 Å². The highest BCUT2D eigenvalue weighted by Crippen LogP contribution is 2.23. The maximum absolute atomic E-state index is 12.6. The molecule has 30 heavy (non-hydrogen) atoms. The molecule has 0 radical (unpaired) electrons. The number of esters is 1. The normalized spacial score (nSPS) is 13.0. The molecule has 152 valence electrons. The number of nitrogens with one attached hydrogen (secondary N) is 1. The van der Waals surface area contributed by atoms with E-state index in [4.69, 9.17) is 4.74 Å². The number of methoxy groups -OCH3 is 1. The van der Waals surface area contributed by atoms with Crippen molar-refractivity contribution in [2.24, 2.45) is 0 Å². The first-order valence-electron chi connectivity index (χ1n) is 9.46. The van der Waals surface area contributed by atoms with Gasteiger partial charge in [-0.2, -0.15) is 5.10 Å². The van der Waals surface area contributed by atoms with Gasteiger partial charge in [0.25, 0.3) is 5.91 Å². The van der Waals surface area contributed by atoms with Crippen LogP contribution in [0.1, 0.15) is 32.7 Å². The molecule has 1 aliphatic rings. The molecular weight excluding hydrogens is 384 g/mol. The number of ether oxygens (including phenoxy) is 1. The summed E-state index contributed by atoms with van der Waals surface area (Å²) >= 11 is 0. The van der Waals surface area contributed by atoms with Gasteiger partial charge in [-0.25, -0.2) is 9.48 Å². The van der Waals surface area contributed by atoms with E-state index in [0.717, 1.165) is 11.4 Å². The van der Waals surface area contributed by atoms with Crippen molar-refractivity contribution >= 4 is 29.3 Å². The maximum Gasteiger partial charge on any atom is 0.339 e. The highest BCUT2D eigenvalue weighted by molar-refractivity contribution is 6.08. The number of hydrogen-bond donors (Lipinski definition) is 1. The van der Waals surface area contributed by atoms with Gasteiger partial charge in [0.1, 0.15) is 5.82 Å². The Morgan fingerprint density at radius 3 is 2.63 bits per heavy atom. The SMILES string of the molecule is COC(=O)c1ccccc1NC(=O)c1ccc(CN2C(=O)CCn3nccc32)cc1. The lowest BCUT2D eigenvalue weighted by Crippen LogP contribution is -2.36. The van der Waals surface area contributed by atoms with Gasteiger partial charge in [0, 0.05) is 18.1 Å². The zero-order valence-electron chi connectivity index (χ0n) is 16.4. The summed E-state index contributed by atoms with van der Waals surface area (Å²) in [6.07, 6.45) is 2.09. The second-order valence-corrected chi connectivity index (χ2v) is 6.83. The number of rotatable bonds is 5. The molecule has 8 nitrogen and oxygen atoms in total. The Bertz CT molecular complexity index is 1100. The van der Waals surface area contributed by atoms with Crippen LogP contribution >= 0.6 is 0 Å². The highest BCUT2D eigenvalue weighted by atomic mass is 16.5. The Balaban J connectivity index is 1.48. The van der Waals surface area contributed by atoms with Crippen LogP contribution in [0.15, 0.2) is 60.8 Å². The molecule has 0 aliphatic carbocycles. The number of nitrogens with zero attached hydrogens (tertiary/aromatic N) is 3. The van der Waals surface area contributed by atoms with Gasteiger partial charge >= 0.3 is 5.97 Å². The van der Waals surface area contributed by atoms with Crippen molar-refractivity contribution in [1.29, 1.82) is 0 Å². The van der Waals surface area contributed by atoms with Gasteiger partial charge in [0.2, 0.25) is 5.91 Å². The van der Waals surface area contributed by atoms with Gasteiger partial charge in [0.05, 0.1) is 37.6 Å². The lowest BCUT2D eigenvalue weighted by atomic mass is 10.1. The number of amides is 2. The van der Waals surface area contributed by atoms with E-state index in [-0.39, 0.29) is 17.4 Å². The van der Waals surface area contributed by atoms with E-state index in [9.17, 15) is 14.4 Å². The number of aromatic nitrogens is 2. The van der Waals surface area contributed by atoms with E-state index in [1.807, 2.05) is 22.9 Å². The molecule has 0 saturated heterocycles. The van der Waals surface area contributed by atoms with Crippen molar-refractivity contribution in [2.75, 3.05) is 17.3 Å². The number of carbonyl (C=O) groups excluding carboxylic acids is 3. The van der Waals surface area contributed by atoms with Crippen molar-refractivity contribution in [2.45, 2.75) is 19.5 Å². The monoisotopic (exact) mass is 404 g/mol. The third-order valence-corrected chi connectivity index (χ3v) is 4.95. The smallest absolute Gasteiger partial charge is 0.339 e. The van der Waals surface area contributed by atoms with Crippen LogP contribution < -0.4 is 10.2 Å². The van der Waals surface area contributed by atoms with Gasteiger partial charge in [0.15, 0.2) is 0 Å². The second-order valence-electron chi connectivity index (χ2n) is 6.83. The average molecular weight is 404 g/mol. The Morgan fingerprint density at radius 1 is 1.10 bits per heavy atom. The van der Waals surface area contributed by atoms with Gasteiger partial charge in [-0.15, -0.1) is 0 Å². The Hall–Kier alpha value is -3.94. The number of aryl methyl sites for hydroxylation is 1. The summed E-state index contributed by atoms with van der Waals surface area (Å²) in [6, 6.07) is 15.5. The average Bonchev–Trinajstić information content (AvgIpc) is 3.25. The van der Waals surface area contributed by atoms with Crippen molar-refractivity contribution in [3.8, 4) is 0 Å². The zero-order valence-corrected chi connectivity index (χ0v) is 16.4. The molecule has 3 aromatic rings. The largest absolute Gasteiger partial charge is 0.465 e. The van der Waals surface area contributed by atoms with Crippen LogP contribution in [0.25, 0.3) is 0 Å². The molecular formula is C22H20N4O4. The van der Waals surface area contributed by atoms with E-state index in [0.29, 0.717) is 30.8 Å². The van der Waals surface area contributed by atoms with E-state index in [2.05, 4.69) is 10.4 Å². The highest BCUT2D eigenvalue weighted by Gasteiger charge is 2.24. The third kappa shape index (κ3) is 3.80. The summed E-state index contributed by atoms with van der Waals surface area (Å²) in [6.45, 7) is 0.988. The summed E-state index contributed by atoms with van der Waals surface area (Å²) in [7, 11) is 1.29. The molecule has 0 atom stereocenters. The standard InChI is InChI=1S/C22H20N4O4/c1-30-22(29)17-4-2-3-5-18(17)24-21(28)16-8-6-15(7-9-16)14-25-19-10-12-23-26(19)13-11-20(25)27/h2-10,12H,11,13-14H2,1H3,(H,24,28). The molecule has 1 N–H and O–H groups in total. The fraction of sp³-hybridized carbons (Fsp3) is 0.182. The molecule has 2 heterocycles. The van der Waals surface area contributed by atoms with Gasteiger partial charge in [-0.05, 0) is 29.8 Å². The number of hydrogen-bond acceptors (Lipinski definition) is 5. The summed E-state index contributed by atoms with van der Waals surface area (Å²) in [5, 5.41) is 6.97. The molecule has 2 amide bonds. The zero-order chi connectivity index (χ0) is 21.1. The molecule has 0 saturated carbocycles. The maximum atomic E-state index is 12.6. The lowest BCUT2D eigenvalue weighted by molar-refractivity contribution is -0.119. The number of para-hydroxylation sites is 1. The first-order valence-corrected chi connectivity index (χ1v) is 9.46. The van der Waals surface area contributed by atoms with Crippen molar-refractivity contribution < 1.29 is 19.1 Å². The molecule has 1 aliphatic heterocycles. The molecule has 0 spiro atoms. The van der Waals surface area contributed by atoms with Gasteiger partial charge in [-0.1, -0.05) is 24.3 Å². The van der Waals surface area contributed by atoms with Gasteiger partial charge in [-0.3, -0.25) is 14.5 Å². The lowest BCUT2D eigenvalue weighted by Gasteiger charge is -2.27. The number of fused-ring (bicyclic) bond motifs is 1.